The molecule has 3 heteroatoms. The average Bonchev–Trinajstić information content (AvgIpc) is 2.37. The number of aliphatic imine (C=N–C) groups is 1. The number of hydrogen-bond donors (Lipinski definition) is 1. The lowest BCUT2D eigenvalue weighted by molar-refractivity contribution is -0.134. The van der Waals surface area contributed by atoms with Crippen molar-refractivity contribution in [1.82, 2.24) is 4.98 Å². The Balaban J connectivity index is 1.80. The molecule has 3 atom stereocenters. The van der Waals surface area contributed by atoms with Gasteiger partial charge in [-0.25, -0.2) is 0 Å². The third kappa shape index (κ3) is 1.91. The zero-order valence-electron chi connectivity index (χ0n) is 11.9. The summed E-state index contributed by atoms with van der Waals surface area (Å²) in [6.07, 6.45) is 5.69. The summed E-state index contributed by atoms with van der Waals surface area (Å²) in [5.41, 5.74) is 1.61. The first-order chi connectivity index (χ1) is 8.92. The fourth-order valence-electron chi connectivity index (χ4n) is 3.86. The number of nitrogens with zero attached hydrogens (tertiary/aromatic N) is 2. The van der Waals surface area contributed by atoms with E-state index in [1.165, 1.54) is 0 Å². The number of pyridine rings is 1. The van der Waals surface area contributed by atoms with Crippen LogP contribution in [-0.2, 0) is 6.54 Å². The smallest absolute Gasteiger partial charge is 0.103 e. The highest BCUT2D eigenvalue weighted by Gasteiger charge is 2.61. The third-order valence-corrected chi connectivity index (χ3v) is 5.35. The van der Waals surface area contributed by atoms with Crippen LogP contribution in [0.15, 0.2) is 29.5 Å². The second-order valence-corrected chi connectivity index (χ2v) is 6.78. The van der Waals surface area contributed by atoms with Crippen molar-refractivity contribution >= 4 is 5.71 Å². The fourth-order valence-corrected chi connectivity index (χ4v) is 3.86. The molecular formula is C16H22N2O. The van der Waals surface area contributed by atoms with Gasteiger partial charge in [0, 0.05) is 18.1 Å². The molecule has 19 heavy (non-hydrogen) atoms. The van der Waals surface area contributed by atoms with Gasteiger partial charge in [-0.3, -0.25) is 9.98 Å². The molecule has 3 aliphatic carbocycles. The first-order valence-corrected chi connectivity index (χ1v) is 7.07. The van der Waals surface area contributed by atoms with Crippen LogP contribution in [0.1, 0.15) is 39.2 Å². The van der Waals surface area contributed by atoms with Crippen LogP contribution in [0.25, 0.3) is 0 Å². The summed E-state index contributed by atoms with van der Waals surface area (Å²) in [4.78, 5) is 8.78. The van der Waals surface area contributed by atoms with Gasteiger partial charge in [0.25, 0.3) is 0 Å². The van der Waals surface area contributed by atoms with Gasteiger partial charge in [0.15, 0.2) is 0 Å². The molecule has 0 radical (unpaired) electrons. The van der Waals surface area contributed by atoms with Crippen LogP contribution in [0.3, 0.4) is 0 Å². The molecule has 3 fully saturated rings. The topological polar surface area (TPSA) is 45.5 Å². The van der Waals surface area contributed by atoms with E-state index in [4.69, 9.17) is 0 Å². The summed E-state index contributed by atoms with van der Waals surface area (Å²) in [5.74, 6) is 1.04. The Bertz CT molecular complexity index is 505. The summed E-state index contributed by atoms with van der Waals surface area (Å²) in [5, 5.41) is 10.8. The van der Waals surface area contributed by atoms with Gasteiger partial charge in [-0.05, 0) is 48.6 Å². The molecule has 1 N–H and O–H groups in total. The van der Waals surface area contributed by atoms with Gasteiger partial charge in [0.05, 0.1) is 6.54 Å². The highest BCUT2D eigenvalue weighted by Crippen LogP contribution is 2.61. The van der Waals surface area contributed by atoms with Gasteiger partial charge in [0.1, 0.15) is 5.60 Å². The zero-order valence-corrected chi connectivity index (χ0v) is 11.9. The summed E-state index contributed by atoms with van der Waals surface area (Å²) in [6.45, 7) is 7.12. The molecule has 0 saturated heterocycles. The molecule has 0 aliphatic heterocycles. The minimum atomic E-state index is -0.736. The van der Waals surface area contributed by atoms with Crippen molar-refractivity contribution in [3.05, 3.63) is 30.1 Å². The van der Waals surface area contributed by atoms with Crippen LogP contribution in [-0.4, -0.2) is 21.4 Å². The van der Waals surface area contributed by atoms with Crippen molar-refractivity contribution in [3.8, 4) is 0 Å². The van der Waals surface area contributed by atoms with Gasteiger partial charge in [-0.2, -0.15) is 0 Å². The Kier molecular flexibility index (Phi) is 2.79. The van der Waals surface area contributed by atoms with E-state index >= 15 is 0 Å². The lowest BCUT2D eigenvalue weighted by Crippen LogP contribution is -2.64. The van der Waals surface area contributed by atoms with Crippen LogP contribution in [0, 0.1) is 17.3 Å². The van der Waals surface area contributed by atoms with Gasteiger partial charge in [-0.15, -0.1) is 0 Å². The molecule has 2 bridgehead atoms. The molecule has 1 aromatic heterocycles. The van der Waals surface area contributed by atoms with Crippen molar-refractivity contribution in [2.75, 3.05) is 0 Å². The number of rotatable bonds is 2. The maximum Gasteiger partial charge on any atom is 0.103 e. The van der Waals surface area contributed by atoms with E-state index in [-0.39, 0.29) is 5.41 Å². The molecule has 3 unspecified atom stereocenters. The van der Waals surface area contributed by atoms with E-state index in [2.05, 4.69) is 23.8 Å². The van der Waals surface area contributed by atoms with Crippen molar-refractivity contribution in [2.24, 2.45) is 22.2 Å². The Hall–Kier alpha value is -1.22. The molecule has 1 heterocycles. The largest absolute Gasteiger partial charge is 0.384 e. The van der Waals surface area contributed by atoms with E-state index in [1.807, 2.05) is 25.3 Å². The van der Waals surface area contributed by atoms with Gasteiger partial charge in [-0.1, -0.05) is 19.9 Å². The van der Waals surface area contributed by atoms with Crippen molar-refractivity contribution in [1.29, 1.82) is 0 Å². The second-order valence-electron chi connectivity index (χ2n) is 6.78. The van der Waals surface area contributed by atoms with E-state index in [0.717, 1.165) is 24.1 Å². The summed E-state index contributed by atoms with van der Waals surface area (Å²) < 4.78 is 0. The van der Waals surface area contributed by atoms with E-state index in [0.29, 0.717) is 18.4 Å². The fraction of sp³-hybridized carbons (Fsp3) is 0.625. The van der Waals surface area contributed by atoms with Gasteiger partial charge >= 0.3 is 0 Å². The Morgan fingerprint density at radius 1 is 1.42 bits per heavy atom. The lowest BCUT2D eigenvalue weighted by atomic mass is 9.44. The average molecular weight is 258 g/mol. The standard InChI is InChI=1S/C16H22N2O/c1-15(2)12-7-13(15)16(3,19)14(8-12)18-10-11-5-4-6-17-9-11/h4-6,9,12-13,19H,7-8,10H2,1-3H3. The number of aliphatic hydroxyl groups is 1. The molecule has 0 spiro atoms. The highest BCUT2D eigenvalue weighted by atomic mass is 16.3. The molecule has 0 amide bonds. The molecule has 3 saturated carbocycles. The van der Waals surface area contributed by atoms with Gasteiger partial charge < -0.3 is 5.11 Å². The van der Waals surface area contributed by atoms with Crippen LogP contribution in [0.4, 0.5) is 0 Å². The molecular weight excluding hydrogens is 236 g/mol. The first-order valence-electron chi connectivity index (χ1n) is 7.07. The SMILES string of the molecule is CC1(O)C(=NCc2cccnc2)CC2CC1C2(C)C. The van der Waals surface area contributed by atoms with E-state index in [9.17, 15) is 5.11 Å². The number of hydrogen-bond acceptors (Lipinski definition) is 3. The quantitative estimate of drug-likeness (QED) is 0.886. The highest BCUT2D eigenvalue weighted by molar-refractivity contribution is 5.94. The first kappa shape index (κ1) is 12.8. The van der Waals surface area contributed by atoms with Crippen LogP contribution >= 0.6 is 0 Å². The Morgan fingerprint density at radius 2 is 2.21 bits per heavy atom. The van der Waals surface area contributed by atoms with Crippen LogP contribution < -0.4 is 0 Å². The number of fused-ring (bicyclic) bond motifs is 2. The maximum absolute atomic E-state index is 10.8. The lowest BCUT2D eigenvalue weighted by Gasteiger charge is -2.62. The van der Waals surface area contributed by atoms with Crippen LogP contribution in [0.5, 0.6) is 0 Å². The molecule has 1 aromatic rings. The Labute approximate surface area is 114 Å². The van der Waals surface area contributed by atoms with Crippen molar-refractivity contribution in [3.63, 3.8) is 0 Å². The molecule has 102 valence electrons. The Morgan fingerprint density at radius 3 is 2.79 bits per heavy atom. The minimum Gasteiger partial charge on any atom is -0.384 e. The van der Waals surface area contributed by atoms with Gasteiger partial charge in [0.2, 0.25) is 0 Å². The maximum atomic E-state index is 10.8. The van der Waals surface area contributed by atoms with E-state index < -0.39 is 5.60 Å². The number of aromatic nitrogens is 1. The monoisotopic (exact) mass is 258 g/mol. The second kappa shape index (κ2) is 4.14. The summed E-state index contributed by atoms with van der Waals surface area (Å²) >= 11 is 0. The predicted octanol–water partition coefficient (Wildman–Crippen LogP) is 2.84. The van der Waals surface area contributed by atoms with Crippen molar-refractivity contribution in [2.45, 2.75) is 45.8 Å². The van der Waals surface area contributed by atoms with E-state index in [1.54, 1.807) is 6.20 Å². The van der Waals surface area contributed by atoms with Crippen LogP contribution in [0.2, 0.25) is 0 Å². The molecule has 0 aromatic carbocycles. The molecule has 3 nitrogen and oxygen atoms in total. The minimum absolute atomic E-state index is 0.261. The molecule has 3 aliphatic rings. The zero-order chi connectivity index (χ0) is 13.7. The normalized spacial score (nSPS) is 38.0. The van der Waals surface area contributed by atoms with Crippen molar-refractivity contribution < 1.29 is 5.11 Å². The molecule has 4 rings (SSSR count). The third-order valence-electron chi connectivity index (χ3n) is 5.35. The predicted molar refractivity (Wildman–Crippen MR) is 76.0 cm³/mol. The summed E-state index contributed by atoms with van der Waals surface area (Å²) in [6, 6.07) is 3.95. The summed E-state index contributed by atoms with van der Waals surface area (Å²) in [7, 11) is 0.